The van der Waals surface area contributed by atoms with Gasteiger partial charge in [-0.3, -0.25) is 4.90 Å². The molecule has 1 unspecified atom stereocenters. The number of aliphatic hydroxyl groups is 1. The molecule has 0 spiro atoms. The van der Waals surface area contributed by atoms with Crippen LogP contribution in [0, 0.1) is 5.92 Å². The van der Waals surface area contributed by atoms with Crippen LogP contribution in [-0.2, 0) is 9.84 Å². The molecule has 25 heavy (non-hydrogen) atoms. The van der Waals surface area contributed by atoms with E-state index >= 15 is 0 Å². The van der Waals surface area contributed by atoms with Gasteiger partial charge < -0.3 is 16.2 Å². The topological polar surface area (TPSA) is 95.7 Å². The second kappa shape index (κ2) is 8.03. The number of hydrogen-bond acceptors (Lipinski definition) is 6. The standard InChI is InChI=1S/C18H29N3O3S/c19-15-1-3-17(4-2-15)25(23,24)18-13-14(8-12-22)7-11-21(18)16-5-9-20-10-6-16/h1-4,14,16,18,20,22H,5-13,19H2/t14?,18-/m1/s1. The molecular formula is C18H29N3O3S. The third-order valence-electron chi connectivity index (χ3n) is 5.58. The Labute approximate surface area is 150 Å². The monoisotopic (exact) mass is 367 g/mol. The van der Waals surface area contributed by atoms with Gasteiger partial charge in [0.15, 0.2) is 9.84 Å². The van der Waals surface area contributed by atoms with Crippen molar-refractivity contribution in [1.29, 1.82) is 0 Å². The summed E-state index contributed by atoms with van der Waals surface area (Å²) in [6.45, 7) is 2.78. The molecule has 0 bridgehead atoms. The zero-order valence-corrected chi connectivity index (χ0v) is 15.4. The van der Waals surface area contributed by atoms with Crippen LogP contribution in [0.15, 0.2) is 29.2 Å². The van der Waals surface area contributed by atoms with E-state index in [2.05, 4.69) is 10.2 Å². The van der Waals surface area contributed by atoms with Gasteiger partial charge in [-0.05, 0) is 81.9 Å². The summed E-state index contributed by atoms with van der Waals surface area (Å²) in [4.78, 5) is 2.55. The Morgan fingerprint density at radius 3 is 2.48 bits per heavy atom. The number of nitrogens with two attached hydrogens (primary N) is 1. The van der Waals surface area contributed by atoms with Gasteiger partial charge in [-0.1, -0.05) is 0 Å². The number of nitrogens with zero attached hydrogens (tertiary/aromatic N) is 1. The van der Waals surface area contributed by atoms with Crippen LogP contribution in [-0.4, -0.2) is 56.1 Å². The van der Waals surface area contributed by atoms with E-state index in [4.69, 9.17) is 5.73 Å². The lowest BCUT2D eigenvalue weighted by Crippen LogP contribution is -2.54. The highest BCUT2D eigenvalue weighted by Gasteiger charge is 2.41. The van der Waals surface area contributed by atoms with Crippen LogP contribution in [0.3, 0.4) is 0 Å². The Balaban J connectivity index is 1.88. The van der Waals surface area contributed by atoms with Crippen molar-refractivity contribution in [2.45, 2.75) is 48.4 Å². The average molecular weight is 368 g/mol. The average Bonchev–Trinajstić information content (AvgIpc) is 2.63. The summed E-state index contributed by atoms with van der Waals surface area (Å²) >= 11 is 0. The molecule has 0 aromatic heterocycles. The number of likely N-dealkylation sites (tertiary alicyclic amines) is 1. The zero-order valence-electron chi connectivity index (χ0n) is 14.6. The predicted octanol–water partition coefficient (Wildman–Crippen LogP) is 1.22. The molecule has 0 radical (unpaired) electrons. The van der Waals surface area contributed by atoms with Crippen molar-refractivity contribution in [3.05, 3.63) is 24.3 Å². The summed E-state index contributed by atoms with van der Waals surface area (Å²) in [5, 5.41) is 12.1. The van der Waals surface area contributed by atoms with Gasteiger partial charge in [0.2, 0.25) is 0 Å². The molecular weight excluding hydrogens is 338 g/mol. The Morgan fingerprint density at radius 2 is 1.84 bits per heavy atom. The van der Waals surface area contributed by atoms with E-state index in [1.54, 1.807) is 24.3 Å². The smallest absolute Gasteiger partial charge is 0.194 e. The second-order valence-corrected chi connectivity index (χ2v) is 9.30. The van der Waals surface area contributed by atoms with Crippen LogP contribution in [0.25, 0.3) is 0 Å². The Hall–Kier alpha value is -1.15. The molecule has 2 aliphatic heterocycles. The maximum atomic E-state index is 13.3. The molecule has 2 heterocycles. The first-order valence-corrected chi connectivity index (χ1v) is 10.7. The molecule has 4 N–H and O–H groups in total. The molecule has 6 nitrogen and oxygen atoms in total. The van der Waals surface area contributed by atoms with Crippen molar-refractivity contribution in [2.24, 2.45) is 5.92 Å². The molecule has 2 aliphatic rings. The van der Waals surface area contributed by atoms with Crippen molar-refractivity contribution in [1.82, 2.24) is 10.2 Å². The van der Waals surface area contributed by atoms with E-state index in [1.165, 1.54) is 0 Å². The van der Waals surface area contributed by atoms with Crippen molar-refractivity contribution in [3.8, 4) is 0 Å². The van der Waals surface area contributed by atoms with Gasteiger partial charge >= 0.3 is 0 Å². The second-order valence-electron chi connectivity index (χ2n) is 7.19. The van der Waals surface area contributed by atoms with Crippen LogP contribution in [0.5, 0.6) is 0 Å². The minimum atomic E-state index is -3.46. The number of sulfone groups is 1. The minimum Gasteiger partial charge on any atom is -0.399 e. The van der Waals surface area contributed by atoms with Crippen molar-refractivity contribution < 1.29 is 13.5 Å². The van der Waals surface area contributed by atoms with Crippen molar-refractivity contribution in [3.63, 3.8) is 0 Å². The van der Waals surface area contributed by atoms with Crippen LogP contribution in [0.2, 0.25) is 0 Å². The fraction of sp³-hybridized carbons (Fsp3) is 0.667. The molecule has 1 aromatic carbocycles. The largest absolute Gasteiger partial charge is 0.399 e. The number of nitrogens with one attached hydrogen (secondary N) is 1. The number of aliphatic hydroxyl groups excluding tert-OH is 1. The molecule has 1 aromatic rings. The Kier molecular flexibility index (Phi) is 5.99. The molecule has 0 saturated carbocycles. The van der Waals surface area contributed by atoms with Crippen LogP contribution < -0.4 is 11.1 Å². The van der Waals surface area contributed by atoms with Gasteiger partial charge in [-0.2, -0.15) is 0 Å². The lowest BCUT2D eigenvalue weighted by molar-refractivity contribution is 0.0810. The molecule has 2 atom stereocenters. The number of hydrogen-bond donors (Lipinski definition) is 3. The van der Waals surface area contributed by atoms with E-state index in [-0.39, 0.29) is 12.5 Å². The Morgan fingerprint density at radius 1 is 1.16 bits per heavy atom. The van der Waals surface area contributed by atoms with E-state index in [9.17, 15) is 13.5 Å². The number of piperidine rings is 2. The van der Waals surface area contributed by atoms with Crippen LogP contribution >= 0.6 is 0 Å². The van der Waals surface area contributed by atoms with Gasteiger partial charge in [-0.15, -0.1) is 0 Å². The maximum Gasteiger partial charge on any atom is 0.194 e. The van der Waals surface area contributed by atoms with Crippen molar-refractivity contribution in [2.75, 3.05) is 32.0 Å². The highest BCUT2D eigenvalue weighted by Crippen LogP contribution is 2.34. The number of nitrogen functional groups attached to an aromatic ring is 1. The highest BCUT2D eigenvalue weighted by molar-refractivity contribution is 7.92. The summed E-state index contributed by atoms with van der Waals surface area (Å²) < 4.78 is 26.7. The first kappa shape index (κ1) is 18.6. The fourth-order valence-electron chi connectivity index (χ4n) is 4.13. The SMILES string of the molecule is Nc1ccc(S(=O)(=O)[C@@H]2CC(CCO)CCN2C2CCNCC2)cc1. The summed E-state index contributed by atoms with van der Waals surface area (Å²) in [6.07, 6.45) is 4.19. The summed E-state index contributed by atoms with van der Waals surface area (Å²) in [5.74, 6) is 0.261. The molecule has 140 valence electrons. The fourth-order valence-corrected chi connectivity index (χ4v) is 6.12. The molecule has 0 amide bonds. The highest BCUT2D eigenvalue weighted by atomic mass is 32.2. The Bertz CT molecular complexity index is 657. The van der Waals surface area contributed by atoms with Gasteiger partial charge in [-0.25, -0.2) is 8.42 Å². The normalized spacial score (nSPS) is 26.6. The number of benzene rings is 1. The molecule has 0 aliphatic carbocycles. The lowest BCUT2D eigenvalue weighted by atomic mass is 9.91. The minimum absolute atomic E-state index is 0.118. The van der Waals surface area contributed by atoms with E-state index in [0.717, 1.165) is 38.9 Å². The van der Waals surface area contributed by atoms with Crippen LogP contribution in [0.4, 0.5) is 5.69 Å². The third-order valence-corrected chi connectivity index (χ3v) is 7.69. The predicted molar refractivity (Wildman–Crippen MR) is 98.9 cm³/mol. The molecule has 7 heteroatoms. The zero-order chi connectivity index (χ0) is 17.9. The molecule has 2 fully saturated rings. The van der Waals surface area contributed by atoms with Gasteiger partial charge in [0.05, 0.1) is 4.90 Å². The maximum absolute atomic E-state index is 13.3. The van der Waals surface area contributed by atoms with Gasteiger partial charge in [0.1, 0.15) is 5.37 Å². The summed E-state index contributed by atoms with van der Waals surface area (Å²) in [6, 6.07) is 6.83. The van der Waals surface area contributed by atoms with E-state index < -0.39 is 15.2 Å². The van der Waals surface area contributed by atoms with Crippen molar-refractivity contribution >= 4 is 15.5 Å². The number of anilines is 1. The van der Waals surface area contributed by atoms with E-state index in [1.807, 2.05) is 0 Å². The quantitative estimate of drug-likeness (QED) is 0.677. The van der Waals surface area contributed by atoms with E-state index in [0.29, 0.717) is 29.5 Å². The van der Waals surface area contributed by atoms with Gasteiger partial charge in [0.25, 0.3) is 0 Å². The third kappa shape index (κ3) is 4.16. The molecule has 2 saturated heterocycles. The lowest BCUT2D eigenvalue weighted by Gasteiger charge is -2.44. The number of rotatable bonds is 5. The first-order valence-electron chi connectivity index (χ1n) is 9.19. The van der Waals surface area contributed by atoms with Crippen LogP contribution in [0.1, 0.15) is 32.1 Å². The summed E-state index contributed by atoms with van der Waals surface area (Å²) in [7, 11) is -3.46. The van der Waals surface area contributed by atoms with Gasteiger partial charge in [0, 0.05) is 18.3 Å². The molecule has 3 rings (SSSR count). The summed E-state index contributed by atoms with van der Waals surface area (Å²) in [5.41, 5.74) is 6.28. The first-order chi connectivity index (χ1) is 12.0.